The van der Waals surface area contributed by atoms with Crippen LogP contribution in [0.25, 0.3) is 0 Å². The number of urea groups is 1. The number of hydrogen-bond donors (Lipinski definition) is 2. The highest BCUT2D eigenvalue weighted by Gasteiger charge is 2.39. The number of ether oxygens (including phenoxy) is 2. The van der Waals surface area contributed by atoms with E-state index in [4.69, 9.17) is 14.6 Å². The zero-order chi connectivity index (χ0) is 24.8. The number of carbonyl (C=O) groups is 2. The molecule has 2 N–H and O–H groups in total. The maximum atomic E-state index is 13.5. The van der Waals surface area contributed by atoms with Gasteiger partial charge in [-0.25, -0.2) is 13.6 Å². The molecule has 1 saturated carbocycles. The van der Waals surface area contributed by atoms with E-state index in [2.05, 4.69) is 10.3 Å². The second kappa shape index (κ2) is 11.1. The van der Waals surface area contributed by atoms with Gasteiger partial charge in [-0.05, 0) is 42.4 Å². The number of carboxylic acid groups (broad SMARTS) is 1. The summed E-state index contributed by atoms with van der Waals surface area (Å²) >= 11 is 0. The van der Waals surface area contributed by atoms with Gasteiger partial charge in [-0.2, -0.15) is 4.98 Å². The lowest BCUT2D eigenvalue weighted by atomic mass is 9.77. The number of pyridine rings is 1. The van der Waals surface area contributed by atoms with Crippen LogP contribution in [-0.4, -0.2) is 48.3 Å². The molecular weight excluding hydrogens is 448 g/mol. The van der Waals surface area contributed by atoms with Crippen molar-refractivity contribution in [3.05, 3.63) is 42.0 Å². The molecule has 0 bridgehead atoms. The third-order valence-corrected chi connectivity index (χ3v) is 5.71. The number of halogens is 2. The van der Waals surface area contributed by atoms with Crippen molar-refractivity contribution >= 4 is 23.4 Å². The van der Waals surface area contributed by atoms with Gasteiger partial charge in [-0.1, -0.05) is 32.0 Å². The maximum absolute atomic E-state index is 13.5. The molecule has 1 aliphatic rings. The first-order valence-electron chi connectivity index (χ1n) is 11.1. The van der Waals surface area contributed by atoms with E-state index in [1.807, 2.05) is 38.1 Å². The number of methoxy groups -OCH3 is 1. The molecule has 1 fully saturated rings. The number of nitrogens with zero attached hydrogens (tertiary/aromatic N) is 2. The van der Waals surface area contributed by atoms with Crippen molar-refractivity contribution in [3.8, 4) is 11.8 Å². The van der Waals surface area contributed by atoms with E-state index in [9.17, 15) is 18.4 Å². The molecule has 2 aromatic rings. The molecule has 3 rings (SSSR count). The third-order valence-electron chi connectivity index (χ3n) is 5.71. The van der Waals surface area contributed by atoms with Crippen LogP contribution in [0.5, 0.6) is 11.8 Å². The number of rotatable bonds is 10. The number of nitrogens with one attached hydrogen (secondary N) is 1. The number of carboxylic acids is 1. The average Bonchev–Trinajstić information content (AvgIpc) is 2.76. The fraction of sp³-hybridized carbons (Fsp3) is 0.458. The van der Waals surface area contributed by atoms with E-state index < -0.39 is 25.0 Å². The van der Waals surface area contributed by atoms with Crippen LogP contribution in [-0.2, 0) is 4.79 Å². The summed E-state index contributed by atoms with van der Waals surface area (Å²) in [4.78, 5) is 30.3. The van der Waals surface area contributed by atoms with Gasteiger partial charge in [0.1, 0.15) is 5.69 Å². The van der Waals surface area contributed by atoms with Crippen molar-refractivity contribution in [1.82, 2.24) is 4.98 Å². The summed E-state index contributed by atoms with van der Waals surface area (Å²) in [5.41, 5.74) is 1.80. The number of benzene rings is 1. The lowest BCUT2D eigenvalue weighted by Crippen LogP contribution is -2.50. The molecule has 8 nitrogen and oxygen atoms in total. The number of alkyl halides is 2. The molecule has 1 aromatic heterocycles. The second-order valence-corrected chi connectivity index (χ2v) is 8.51. The zero-order valence-corrected chi connectivity index (χ0v) is 19.3. The van der Waals surface area contributed by atoms with Gasteiger partial charge in [0.2, 0.25) is 11.8 Å². The Balaban J connectivity index is 1.90. The summed E-state index contributed by atoms with van der Waals surface area (Å²) in [6, 6.07) is 9.80. The summed E-state index contributed by atoms with van der Waals surface area (Å²) in [5.74, 6) is -0.778. The fourth-order valence-electron chi connectivity index (χ4n) is 4.05. The number of hydrogen-bond acceptors (Lipinski definition) is 5. The monoisotopic (exact) mass is 477 g/mol. The Kier molecular flexibility index (Phi) is 8.25. The Morgan fingerprint density at radius 1 is 1.21 bits per heavy atom. The SMILES string of the molecule is COc1ccc(NC(=O)N(c2ccccc2C(C)C)C2CC(CC(=O)O)C2)c(OCC(F)F)n1. The first kappa shape index (κ1) is 25.2. The number of carbonyl (C=O) groups excluding carboxylic acids is 1. The molecule has 0 atom stereocenters. The third kappa shape index (κ3) is 6.12. The van der Waals surface area contributed by atoms with Gasteiger partial charge in [-0.15, -0.1) is 0 Å². The number of aromatic nitrogens is 1. The Bertz CT molecular complexity index is 1010. The topological polar surface area (TPSA) is 101 Å². The van der Waals surface area contributed by atoms with Crippen molar-refractivity contribution in [2.75, 3.05) is 23.9 Å². The quantitative estimate of drug-likeness (QED) is 0.491. The Morgan fingerprint density at radius 2 is 1.91 bits per heavy atom. The van der Waals surface area contributed by atoms with E-state index >= 15 is 0 Å². The highest BCUT2D eigenvalue weighted by Crippen LogP contribution is 2.40. The summed E-state index contributed by atoms with van der Waals surface area (Å²) in [7, 11) is 1.38. The molecule has 2 amide bonds. The minimum atomic E-state index is -2.72. The number of aliphatic carboxylic acids is 1. The number of amides is 2. The Morgan fingerprint density at radius 3 is 2.53 bits per heavy atom. The van der Waals surface area contributed by atoms with Crippen molar-refractivity contribution in [2.45, 2.75) is 51.5 Å². The second-order valence-electron chi connectivity index (χ2n) is 8.51. The minimum absolute atomic E-state index is 0.0170. The normalized spacial score (nSPS) is 17.3. The smallest absolute Gasteiger partial charge is 0.326 e. The molecule has 0 spiro atoms. The molecule has 184 valence electrons. The molecule has 34 heavy (non-hydrogen) atoms. The molecule has 10 heteroatoms. The molecule has 0 aliphatic heterocycles. The molecule has 1 aliphatic carbocycles. The minimum Gasteiger partial charge on any atom is -0.481 e. The standard InChI is InChI=1S/C24H29F2N3O5/c1-14(2)17-6-4-5-7-19(17)29(16-10-15(11-16)12-22(30)31)24(32)27-18-8-9-21(33-3)28-23(18)34-13-20(25)26/h4-9,14-16,20H,10-13H2,1-3H3,(H,27,32)(H,30,31). The highest BCUT2D eigenvalue weighted by molar-refractivity contribution is 6.03. The number of anilines is 2. The summed E-state index contributed by atoms with van der Waals surface area (Å²) in [6.07, 6.45) is -1.58. The first-order chi connectivity index (χ1) is 16.2. The lowest BCUT2D eigenvalue weighted by molar-refractivity contribution is -0.138. The van der Waals surface area contributed by atoms with Crippen molar-refractivity contribution < 1.29 is 33.0 Å². The summed E-state index contributed by atoms with van der Waals surface area (Å²) in [6.45, 7) is 3.15. The van der Waals surface area contributed by atoms with Gasteiger partial charge in [0, 0.05) is 24.2 Å². The van der Waals surface area contributed by atoms with Crippen molar-refractivity contribution in [2.24, 2.45) is 5.92 Å². The summed E-state index contributed by atoms with van der Waals surface area (Å²) < 4.78 is 35.6. The van der Waals surface area contributed by atoms with Gasteiger partial charge in [-0.3, -0.25) is 9.69 Å². The Hall–Kier alpha value is -3.43. The highest BCUT2D eigenvalue weighted by atomic mass is 19.3. The van der Waals surface area contributed by atoms with Crippen LogP contribution in [0, 0.1) is 5.92 Å². The molecular formula is C24H29F2N3O5. The van der Waals surface area contributed by atoms with Crippen LogP contribution in [0.3, 0.4) is 0 Å². The predicted octanol–water partition coefficient (Wildman–Crippen LogP) is 5.15. The lowest BCUT2D eigenvalue weighted by Gasteiger charge is -2.43. The van der Waals surface area contributed by atoms with Gasteiger partial charge < -0.3 is 19.9 Å². The maximum Gasteiger partial charge on any atom is 0.326 e. The number of para-hydroxylation sites is 1. The van der Waals surface area contributed by atoms with E-state index in [1.165, 1.54) is 19.2 Å². The van der Waals surface area contributed by atoms with Gasteiger partial charge >= 0.3 is 12.0 Å². The van der Waals surface area contributed by atoms with Gasteiger partial charge in [0.15, 0.2) is 6.61 Å². The van der Waals surface area contributed by atoms with Crippen molar-refractivity contribution in [1.29, 1.82) is 0 Å². The van der Waals surface area contributed by atoms with Crippen LogP contribution in [0.15, 0.2) is 36.4 Å². The molecule has 0 unspecified atom stereocenters. The largest absolute Gasteiger partial charge is 0.481 e. The van der Waals surface area contributed by atoms with Crippen LogP contribution >= 0.6 is 0 Å². The van der Waals surface area contributed by atoms with E-state index in [0.29, 0.717) is 18.5 Å². The molecule has 1 heterocycles. The molecule has 0 saturated heterocycles. The van der Waals surface area contributed by atoms with E-state index in [0.717, 1.165) is 5.56 Å². The molecule has 0 radical (unpaired) electrons. The van der Waals surface area contributed by atoms with E-state index in [1.54, 1.807) is 4.90 Å². The van der Waals surface area contributed by atoms with Crippen LogP contribution < -0.4 is 19.7 Å². The Labute approximate surface area is 196 Å². The van der Waals surface area contributed by atoms with E-state index in [-0.39, 0.29) is 41.7 Å². The average molecular weight is 478 g/mol. The molecule has 1 aromatic carbocycles. The summed E-state index contributed by atoms with van der Waals surface area (Å²) in [5, 5.41) is 11.8. The van der Waals surface area contributed by atoms with Crippen LogP contribution in [0.1, 0.15) is 44.6 Å². The van der Waals surface area contributed by atoms with Gasteiger partial charge in [0.25, 0.3) is 6.43 Å². The van der Waals surface area contributed by atoms with Crippen LogP contribution in [0.2, 0.25) is 0 Å². The fourth-order valence-corrected chi connectivity index (χ4v) is 4.05. The zero-order valence-electron chi connectivity index (χ0n) is 19.3. The van der Waals surface area contributed by atoms with Crippen molar-refractivity contribution in [3.63, 3.8) is 0 Å². The predicted molar refractivity (Wildman–Crippen MR) is 123 cm³/mol. The van der Waals surface area contributed by atoms with Gasteiger partial charge in [0.05, 0.1) is 7.11 Å². The van der Waals surface area contributed by atoms with Crippen LogP contribution in [0.4, 0.5) is 25.0 Å². The first-order valence-corrected chi connectivity index (χ1v) is 11.1.